The maximum Gasteiger partial charge on any atom is 0.272 e. The van der Waals surface area contributed by atoms with E-state index in [0.29, 0.717) is 11.3 Å². The molecule has 2 amide bonds. The fourth-order valence-corrected chi connectivity index (χ4v) is 1.55. The first-order valence-electron chi connectivity index (χ1n) is 6.13. The van der Waals surface area contributed by atoms with Crippen LogP contribution in [0.1, 0.15) is 33.7 Å². The average molecular weight is 263 g/mol. The Kier molecular flexibility index (Phi) is 3.69. The van der Waals surface area contributed by atoms with Crippen molar-refractivity contribution in [1.82, 2.24) is 15.2 Å². The Morgan fingerprint density at radius 1 is 1.42 bits per heavy atom. The molecule has 0 bridgehead atoms. The second-order valence-corrected chi connectivity index (χ2v) is 4.66. The van der Waals surface area contributed by atoms with Gasteiger partial charge in [0.1, 0.15) is 11.4 Å². The molecule has 1 N–H and O–H groups in total. The third-order valence-electron chi connectivity index (χ3n) is 2.78. The van der Waals surface area contributed by atoms with Crippen molar-refractivity contribution in [3.05, 3.63) is 23.5 Å². The van der Waals surface area contributed by atoms with Gasteiger partial charge in [-0.1, -0.05) is 0 Å². The predicted octanol–water partition coefficient (Wildman–Crippen LogP) is 0.684. The summed E-state index contributed by atoms with van der Waals surface area (Å²) < 4.78 is 5.68. The quantitative estimate of drug-likeness (QED) is 0.867. The van der Waals surface area contributed by atoms with E-state index in [1.807, 2.05) is 0 Å². The van der Waals surface area contributed by atoms with E-state index in [-0.39, 0.29) is 23.6 Å². The zero-order chi connectivity index (χ0) is 14.0. The molecule has 6 heteroatoms. The molecule has 1 aliphatic rings. The minimum absolute atomic E-state index is 0.146. The number of amides is 2. The van der Waals surface area contributed by atoms with Gasteiger partial charge < -0.3 is 15.0 Å². The summed E-state index contributed by atoms with van der Waals surface area (Å²) in [7, 11) is 4.85. The summed E-state index contributed by atoms with van der Waals surface area (Å²) >= 11 is 0. The lowest BCUT2D eigenvalue weighted by molar-refractivity contribution is 0.0820. The number of carbonyl (C=O) groups is 2. The van der Waals surface area contributed by atoms with Crippen molar-refractivity contribution >= 4 is 11.8 Å². The van der Waals surface area contributed by atoms with Crippen molar-refractivity contribution in [2.45, 2.75) is 18.9 Å². The van der Waals surface area contributed by atoms with Crippen LogP contribution >= 0.6 is 0 Å². The molecule has 0 atom stereocenters. The maximum absolute atomic E-state index is 11.9. The third-order valence-corrected chi connectivity index (χ3v) is 2.78. The van der Waals surface area contributed by atoms with Gasteiger partial charge in [-0.3, -0.25) is 9.59 Å². The highest BCUT2D eigenvalue weighted by atomic mass is 16.5. The minimum atomic E-state index is -0.271. The Morgan fingerprint density at radius 2 is 2.11 bits per heavy atom. The molecule has 1 aromatic heterocycles. The normalized spacial score (nSPS) is 13.8. The summed E-state index contributed by atoms with van der Waals surface area (Å²) in [6.07, 6.45) is 3.49. The second-order valence-electron chi connectivity index (χ2n) is 4.66. The molecule has 1 fully saturated rings. The number of aromatic nitrogens is 1. The number of pyridine rings is 1. The van der Waals surface area contributed by atoms with E-state index < -0.39 is 0 Å². The van der Waals surface area contributed by atoms with E-state index >= 15 is 0 Å². The molecule has 0 aliphatic heterocycles. The van der Waals surface area contributed by atoms with Crippen molar-refractivity contribution in [2.24, 2.45) is 0 Å². The fourth-order valence-electron chi connectivity index (χ4n) is 1.55. The summed E-state index contributed by atoms with van der Waals surface area (Å²) in [6, 6.07) is 1.53. The molecular weight excluding hydrogens is 246 g/mol. The van der Waals surface area contributed by atoms with Gasteiger partial charge in [0, 0.05) is 33.4 Å². The molecule has 19 heavy (non-hydrogen) atoms. The molecular formula is C13H17N3O3. The molecule has 1 aromatic rings. The molecule has 6 nitrogen and oxygen atoms in total. The van der Waals surface area contributed by atoms with Crippen molar-refractivity contribution < 1.29 is 14.3 Å². The standard InChI is InChI=1S/C13H17N3O3/c1-14-12(17)9-7-15-10(13(18)16(2)3)6-11(9)19-8-4-5-8/h6-8H,4-5H2,1-3H3,(H,14,17). The van der Waals surface area contributed by atoms with Crippen LogP contribution < -0.4 is 10.1 Å². The Labute approximate surface area is 111 Å². The number of nitrogens with one attached hydrogen (secondary N) is 1. The summed E-state index contributed by atoms with van der Waals surface area (Å²) in [5, 5.41) is 2.53. The van der Waals surface area contributed by atoms with Gasteiger partial charge in [-0.25, -0.2) is 4.98 Å². The number of carbonyl (C=O) groups excluding carboxylic acids is 2. The van der Waals surface area contributed by atoms with E-state index in [9.17, 15) is 9.59 Å². The number of hydrogen-bond acceptors (Lipinski definition) is 4. The molecule has 0 spiro atoms. The van der Waals surface area contributed by atoms with Gasteiger partial charge in [0.05, 0.1) is 11.7 Å². The molecule has 1 aliphatic carbocycles. The van der Waals surface area contributed by atoms with Gasteiger partial charge in [0.15, 0.2) is 0 Å². The Hall–Kier alpha value is -2.11. The molecule has 0 unspecified atom stereocenters. The number of ether oxygens (including phenoxy) is 1. The van der Waals surface area contributed by atoms with Crippen LogP contribution in [0.15, 0.2) is 12.3 Å². The summed E-state index contributed by atoms with van der Waals surface area (Å²) in [5.41, 5.74) is 0.623. The Morgan fingerprint density at radius 3 is 2.63 bits per heavy atom. The highest BCUT2D eigenvalue weighted by Crippen LogP contribution is 2.29. The van der Waals surface area contributed by atoms with E-state index in [1.165, 1.54) is 17.2 Å². The first kappa shape index (κ1) is 13.3. The van der Waals surface area contributed by atoms with Gasteiger partial charge in [-0.05, 0) is 12.8 Å². The zero-order valence-corrected chi connectivity index (χ0v) is 11.3. The lowest BCUT2D eigenvalue weighted by atomic mass is 10.2. The third kappa shape index (κ3) is 3.01. The molecule has 0 radical (unpaired) electrons. The zero-order valence-electron chi connectivity index (χ0n) is 11.3. The van der Waals surface area contributed by atoms with E-state index in [0.717, 1.165) is 12.8 Å². The predicted molar refractivity (Wildman–Crippen MR) is 69.3 cm³/mol. The number of nitrogens with zero attached hydrogens (tertiary/aromatic N) is 2. The molecule has 0 saturated heterocycles. The van der Waals surface area contributed by atoms with Crippen molar-refractivity contribution in [2.75, 3.05) is 21.1 Å². The van der Waals surface area contributed by atoms with Gasteiger partial charge >= 0.3 is 0 Å². The van der Waals surface area contributed by atoms with Crippen LogP contribution in [0.2, 0.25) is 0 Å². The summed E-state index contributed by atoms with van der Waals surface area (Å²) in [5.74, 6) is -0.0712. The van der Waals surface area contributed by atoms with Crippen LogP contribution in [0, 0.1) is 0 Å². The fraction of sp³-hybridized carbons (Fsp3) is 0.462. The number of rotatable bonds is 4. The first-order valence-corrected chi connectivity index (χ1v) is 6.13. The lowest BCUT2D eigenvalue weighted by Gasteiger charge is -2.13. The Bertz CT molecular complexity index is 510. The highest BCUT2D eigenvalue weighted by molar-refractivity contribution is 5.98. The molecule has 1 heterocycles. The van der Waals surface area contributed by atoms with Crippen LogP contribution in [0.25, 0.3) is 0 Å². The van der Waals surface area contributed by atoms with E-state index in [2.05, 4.69) is 10.3 Å². The maximum atomic E-state index is 11.9. The SMILES string of the molecule is CNC(=O)c1cnc(C(=O)N(C)C)cc1OC1CC1. The van der Waals surface area contributed by atoms with Gasteiger partial charge in [0.2, 0.25) is 0 Å². The van der Waals surface area contributed by atoms with Crippen molar-refractivity contribution in [1.29, 1.82) is 0 Å². The van der Waals surface area contributed by atoms with Gasteiger partial charge in [-0.2, -0.15) is 0 Å². The molecule has 0 aromatic carbocycles. The van der Waals surface area contributed by atoms with Gasteiger partial charge in [-0.15, -0.1) is 0 Å². The summed E-state index contributed by atoms with van der Waals surface area (Å²) in [4.78, 5) is 29.0. The monoisotopic (exact) mass is 263 g/mol. The average Bonchev–Trinajstić information content (AvgIpc) is 3.20. The largest absolute Gasteiger partial charge is 0.489 e. The first-order chi connectivity index (χ1) is 9.02. The van der Waals surface area contributed by atoms with Crippen LogP contribution in [0.3, 0.4) is 0 Å². The second kappa shape index (κ2) is 5.26. The number of hydrogen-bond donors (Lipinski definition) is 1. The summed E-state index contributed by atoms with van der Waals surface area (Å²) in [6.45, 7) is 0. The van der Waals surface area contributed by atoms with Crippen LogP contribution in [0.5, 0.6) is 5.75 Å². The van der Waals surface area contributed by atoms with Crippen LogP contribution in [-0.4, -0.2) is 48.9 Å². The lowest BCUT2D eigenvalue weighted by Crippen LogP contribution is -2.24. The smallest absolute Gasteiger partial charge is 0.272 e. The topological polar surface area (TPSA) is 71.5 Å². The molecule has 102 valence electrons. The van der Waals surface area contributed by atoms with Crippen molar-refractivity contribution in [3.63, 3.8) is 0 Å². The highest BCUT2D eigenvalue weighted by Gasteiger charge is 2.26. The van der Waals surface area contributed by atoms with Gasteiger partial charge in [0.25, 0.3) is 11.8 Å². The van der Waals surface area contributed by atoms with Crippen LogP contribution in [0.4, 0.5) is 0 Å². The molecule has 1 saturated carbocycles. The van der Waals surface area contributed by atoms with E-state index in [4.69, 9.17) is 4.74 Å². The van der Waals surface area contributed by atoms with E-state index in [1.54, 1.807) is 21.1 Å². The molecule has 2 rings (SSSR count). The Balaban J connectivity index is 2.34. The van der Waals surface area contributed by atoms with Crippen molar-refractivity contribution in [3.8, 4) is 5.75 Å². The van der Waals surface area contributed by atoms with Crippen LogP contribution in [-0.2, 0) is 0 Å². The minimum Gasteiger partial charge on any atom is -0.489 e.